The molecule has 2 aromatic rings. The summed E-state index contributed by atoms with van der Waals surface area (Å²) in [5.74, 6) is -0.721. The van der Waals surface area contributed by atoms with Gasteiger partial charge in [0.2, 0.25) is 0 Å². The molecule has 0 fully saturated rings. The number of carbonyl (C=O) groups is 1. The second-order valence-corrected chi connectivity index (χ2v) is 4.92. The lowest BCUT2D eigenvalue weighted by Crippen LogP contribution is -2.12. The van der Waals surface area contributed by atoms with Gasteiger partial charge in [0.25, 0.3) is 5.69 Å². The van der Waals surface area contributed by atoms with Crippen molar-refractivity contribution >= 4 is 28.9 Å². The van der Waals surface area contributed by atoms with E-state index in [0.29, 0.717) is 0 Å². The van der Waals surface area contributed by atoms with Crippen LogP contribution in [0.5, 0.6) is 5.75 Å². The molecule has 10 heteroatoms. The van der Waals surface area contributed by atoms with Crippen LogP contribution in [0.15, 0.2) is 18.3 Å². The van der Waals surface area contributed by atoms with Crippen LogP contribution in [0.1, 0.15) is 16.1 Å². The van der Waals surface area contributed by atoms with Crippen molar-refractivity contribution in [2.24, 2.45) is 0 Å². The van der Waals surface area contributed by atoms with Gasteiger partial charge in [-0.1, -0.05) is 11.6 Å². The number of hydrogen-bond donors (Lipinski definition) is 1. The Hall–Kier alpha value is -3.25. The van der Waals surface area contributed by atoms with Crippen LogP contribution in [0.2, 0.25) is 5.02 Å². The summed E-state index contributed by atoms with van der Waals surface area (Å²) in [6, 6.07) is 4.20. The lowest BCUT2D eigenvalue weighted by molar-refractivity contribution is -0.384. The summed E-state index contributed by atoms with van der Waals surface area (Å²) in [5, 5.41) is 19.9. The van der Waals surface area contributed by atoms with E-state index < -0.39 is 10.9 Å². The summed E-state index contributed by atoms with van der Waals surface area (Å²) in [4.78, 5) is 22.3. The minimum absolute atomic E-state index is 0.0342. The Morgan fingerprint density at radius 2 is 2.12 bits per heavy atom. The van der Waals surface area contributed by atoms with Crippen LogP contribution in [0.25, 0.3) is 5.69 Å². The molecular formula is C14H11ClN4O5. The third-order valence-electron chi connectivity index (χ3n) is 3.25. The van der Waals surface area contributed by atoms with Crippen molar-refractivity contribution in [3.05, 3.63) is 44.7 Å². The van der Waals surface area contributed by atoms with E-state index in [1.807, 2.05) is 6.07 Å². The number of nitro groups is 1. The van der Waals surface area contributed by atoms with Crippen LogP contribution in [0.4, 0.5) is 11.4 Å². The molecule has 0 saturated carbocycles. The molecule has 0 spiro atoms. The zero-order valence-corrected chi connectivity index (χ0v) is 13.3. The Labute approximate surface area is 140 Å². The number of halogens is 1. The molecule has 124 valence electrons. The van der Waals surface area contributed by atoms with Gasteiger partial charge in [0, 0.05) is 6.20 Å². The number of anilines is 1. The Kier molecular flexibility index (Phi) is 4.61. The number of nitrogens with two attached hydrogens (primary N) is 1. The highest BCUT2D eigenvalue weighted by Crippen LogP contribution is 2.37. The first-order valence-corrected chi connectivity index (χ1v) is 6.75. The average Bonchev–Trinajstić information content (AvgIpc) is 2.89. The van der Waals surface area contributed by atoms with E-state index in [0.717, 1.165) is 13.2 Å². The molecule has 0 aliphatic carbocycles. The molecule has 0 bridgehead atoms. The number of nitrogens with zero attached hydrogens (tertiary/aromatic N) is 3. The smallest absolute Gasteiger partial charge is 0.357 e. The molecule has 0 unspecified atom stereocenters. The predicted molar refractivity (Wildman–Crippen MR) is 84.5 cm³/mol. The number of nitro benzene ring substituents is 1. The molecule has 0 atom stereocenters. The van der Waals surface area contributed by atoms with E-state index in [1.165, 1.54) is 23.9 Å². The number of nitrogen functional groups attached to an aromatic ring is 1. The maximum absolute atomic E-state index is 12.0. The number of hydrogen-bond acceptors (Lipinski definition) is 7. The maximum Gasteiger partial charge on any atom is 0.357 e. The zero-order chi connectivity index (χ0) is 18.0. The van der Waals surface area contributed by atoms with E-state index in [4.69, 9.17) is 27.3 Å². The van der Waals surface area contributed by atoms with Crippen molar-refractivity contribution in [3.63, 3.8) is 0 Å². The summed E-state index contributed by atoms with van der Waals surface area (Å²) < 4.78 is 11.1. The second-order valence-electron chi connectivity index (χ2n) is 4.51. The highest BCUT2D eigenvalue weighted by atomic mass is 35.5. The van der Waals surface area contributed by atoms with Crippen LogP contribution in [0.3, 0.4) is 0 Å². The van der Waals surface area contributed by atoms with Crippen molar-refractivity contribution in [3.8, 4) is 17.5 Å². The molecule has 1 heterocycles. The van der Waals surface area contributed by atoms with E-state index in [1.54, 1.807) is 0 Å². The fraction of sp³-hybridized carbons (Fsp3) is 0.143. The number of esters is 1. The first kappa shape index (κ1) is 17.1. The normalized spacial score (nSPS) is 10.1. The average molecular weight is 351 g/mol. The molecule has 9 nitrogen and oxygen atoms in total. The molecule has 0 saturated heterocycles. The maximum atomic E-state index is 12.0. The van der Waals surface area contributed by atoms with Gasteiger partial charge in [-0.15, -0.1) is 0 Å². The summed E-state index contributed by atoms with van der Waals surface area (Å²) >= 11 is 5.93. The standard InChI is InChI=1S/C14H11ClN4O5/c1-23-11-4-9(19(21)22)8(15)3-10(11)18-6-7(5-16)12(17)13(18)14(20)24-2/h3-4,6H,17H2,1-2H3. The van der Waals surface area contributed by atoms with Crippen molar-refractivity contribution < 1.29 is 19.2 Å². The molecule has 0 radical (unpaired) electrons. The lowest BCUT2D eigenvalue weighted by atomic mass is 10.2. The molecule has 1 aromatic heterocycles. The Balaban J connectivity index is 2.82. The Morgan fingerprint density at radius 1 is 1.46 bits per heavy atom. The van der Waals surface area contributed by atoms with Gasteiger partial charge in [0.1, 0.15) is 16.8 Å². The number of carbonyl (C=O) groups excluding carboxylic acids is 1. The fourth-order valence-corrected chi connectivity index (χ4v) is 2.36. The molecular weight excluding hydrogens is 340 g/mol. The third-order valence-corrected chi connectivity index (χ3v) is 3.55. The summed E-state index contributed by atoms with van der Waals surface area (Å²) in [6.07, 6.45) is 1.29. The van der Waals surface area contributed by atoms with Gasteiger partial charge in [-0.2, -0.15) is 5.26 Å². The molecule has 2 N–H and O–H groups in total. The van der Waals surface area contributed by atoms with Gasteiger partial charge in [-0.25, -0.2) is 4.79 Å². The van der Waals surface area contributed by atoms with Crippen LogP contribution >= 0.6 is 11.6 Å². The Morgan fingerprint density at radius 3 is 2.62 bits per heavy atom. The number of benzene rings is 1. The summed E-state index contributed by atoms with van der Waals surface area (Å²) in [6.45, 7) is 0. The van der Waals surface area contributed by atoms with E-state index >= 15 is 0 Å². The molecule has 24 heavy (non-hydrogen) atoms. The topological polar surface area (TPSA) is 133 Å². The lowest BCUT2D eigenvalue weighted by Gasteiger charge is -2.13. The first-order valence-electron chi connectivity index (χ1n) is 6.37. The molecule has 2 rings (SSSR count). The molecule has 0 aliphatic rings. The van der Waals surface area contributed by atoms with Crippen molar-refractivity contribution in [2.75, 3.05) is 20.0 Å². The molecule has 0 amide bonds. The second kappa shape index (κ2) is 6.47. The monoisotopic (exact) mass is 350 g/mol. The number of nitriles is 1. The van der Waals surface area contributed by atoms with Gasteiger partial charge in [0.05, 0.1) is 42.1 Å². The Bertz CT molecular complexity index is 884. The van der Waals surface area contributed by atoms with Gasteiger partial charge < -0.3 is 19.8 Å². The quantitative estimate of drug-likeness (QED) is 0.507. The van der Waals surface area contributed by atoms with Crippen molar-refractivity contribution in [2.45, 2.75) is 0 Å². The first-order chi connectivity index (χ1) is 11.3. The van der Waals surface area contributed by atoms with Gasteiger partial charge in [0.15, 0.2) is 5.69 Å². The number of methoxy groups -OCH3 is 2. The van der Waals surface area contributed by atoms with Crippen molar-refractivity contribution in [1.82, 2.24) is 4.57 Å². The minimum atomic E-state index is -0.787. The largest absolute Gasteiger partial charge is 0.494 e. The summed E-state index contributed by atoms with van der Waals surface area (Å²) in [5.41, 5.74) is 5.48. The number of aromatic nitrogens is 1. The van der Waals surface area contributed by atoms with E-state index in [-0.39, 0.29) is 39.1 Å². The molecule has 0 aliphatic heterocycles. The number of rotatable bonds is 4. The minimum Gasteiger partial charge on any atom is -0.494 e. The van der Waals surface area contributed by atoms with Crippen molar-refractivity contribution in [1.29, 1.82) is 5.26 Å². The van der Waals surface area contributed by atoms with Crippen LogP contribution in [-0.4, -0.2) is 29.7 Å². The van der Waals surface area contributed by atoms with Gasteiger partial charge in [-0.3, -0.25) is 10.1 Å². The molecule has 1 aromatic carbocycles. The third kappa shape index (κ3) is 2.70. The van der Waals surface area contributed by atoms with Crippen LogP contribution in [0, 0.1) is 21.4 Å². The van der Waals surface area contributed by atoms with E-state index in [2.05, 4.69) is 4.74 Å². The zero-order valence-electron chi connectivity index (χ0n) is 12.6. The predicted octanol–water partition coefficient (Wildman–Crippen LogP) is 2.29. The summed E-state index contributed by atoms with van der Waals surface area (Å²) in [7, 11) is 2.46. The fourth-order valence-electron chi connectivity index (χ4n) is 2.13. The highest BCUT2D eigenvalue weighted by molar-refractivity contribution is 6.33. The number of ether oxygens (including phenoxy) is 2. The SMILES string of the molecule is COC(=O)c1c(N)c(C#N)cn1-c1cc(Cl)c([N+](=O)[O-])cc1OC. The van der Waals surface area contributed by atoms with Gasteiger partial charge >= 0.3 is 5.97 Å². The highest BCUT2D eigenvalue weighted by Gasteiger charge is 2.25. The van der Waals surface area contributed by atoms with Crippen LogP contribution < -0.4 is 10.5 Å². The van der Waals surface area contributed by atoms with Gasteiger partial charge in [-0.05, 0) is 6.07 Å². The van der Waals surface area contributed by atoms with Crippen LogP contribution in [-0.2, 0) is 4.74 Å². The van der Waals surface area contributed by atoms with E-state index in [9.17, 15) is 14.9 Å².